The van der Waals surface area contributed by atoms with Crippen molar-refractivity contribution in [3.05, 3.63) is 35.9 Å². The van der Waals surface area contributed by atoms with Crippen molar-refractivity contribution in [3.63, 3.8) is 0 Å². The minimum atomic E-state index is -1.65. The van der Waals surface area contributed by atoms with Crippen LogP contribution in [0.15, 0.2) is 30.3 Å². The fourth-order valence-electron chi connectivity index (χ4n) is 4.90. The summed E-state index contributed by atoms with van der Waals surface area (Å²) in [7, 11) is 0. The van der Waals surface area contributed by atoms with E-state index in [0.717, 1.165) is 0 Å². The third kappa shape index (κ3) is 10.2. The van der Waals surface area contributed by atoms with E-state index >= 15 is 0 Å². The number of aliphatic carboxylic acids is 1. The second-order valence-electron chi connectivity index (χ2n) is 10.5. The smallest absolute Gasteiger partial charge is 0.305 e. The van der Waals surface area contributed by atoms with E-state index in [1.807, 2.05) is 0 Å². The van der Waals surface area contributed by atoms with Crippen LogP contribution in [-0.4, -0.2) is 102 Å². The quantitative estimate of drug-likeness (QED) is 0.0813. The second-order valence-corrected chi connectivity index (χ2v) is 10.5. The Balaban J connectivity index is 1.96. The van der Waals surface area contributed by atoms with E-state index in [9.17, 15) is 34.2 Å². The van der Waals surface area contributed by atoms with Crippen LogP contribution < -0.4 is 37.6 Å². The van der Waals surface area contributed by atoms with Crippen LogP contribution in [0.3, 0.4) is 0 Å². The molecular weight excluding hydrogens is 564 g/mol. The number of nitrogens with two attached hydrogens (primary N) is 1. The third-order valence-electron chi connectivity index (χ3n) is 7.26. The maximum atomic E-state index is 13.9. The number of ether oxygens (including phenoxy) is 1. The van der Waals surface area contributed by atoms with Crippen LogP contribution in [0.2, 0.25) is 0 Å². The fourth-order valence-corrected chi connectivity index (χ4v) is 4.90. The molecule has 16 heteroatoms. The van der Waals surface area contributed by atoms with Crippen molar-refractivity contribution in [2.45, 2.75) is 68.4 Å². The van der Waals surface area contributed by atoms with Crippen molar-refractivity contribution in [1.82, 2.24) is 31.9 Å². The molecule has 2 saturated heterocycles. The first-order valence-corrected chi connectivity index (χ1v) is 14.0. The highest BCUT2D eigenvalue weighted by atomic mass is 16.5. The lowest BCUT2D eigenvalue weighted by molar-refractivity contribution is -0.141. The number of hydrogen-bond donors (Lipinski definition) is 10. The summed E-state index contributed by atoms with van der Waals surface area (Å²) < 4.78 is 5.45. The van der Waals surface area contributed by atoms with E-state index in [0.29, 0.717) is 12.0 Å². The lowest BCUT2D eigenvalue weighted by atomic mass is 9.87. The standard InChI is InChI=1S/C27H40N8O8/c28-26(29)30-10-4-7-17-24(41)35-27(8-11-43-12-9-27)25(42)34-18(13-16-5-2-1-3-6-16)23(40)33-19(14-21(37)38)22(39)31-15-20(36)32-17/h1-3,5-6,17-19,22,31,39H,4,7-15H2,(H,32,36)(H,33,40)(H,34,42)(H,35,41)(H,37,38)(H4,28,29,30)/t17-,18+,19-,22?/m0/s1. The van der Waals surface area contributed by atoms with Gasteiger partial charge in [-0.1, -0.05) is 30.3 Å². The lowest BCUT2D eigenvalue weighted by Gasteiger charge is -2.38. The van der Waals surface area contributed by atoms with Crippen molar-refractivity contribution in [1.29, 1.82) is 5.41 Å². The molecule has 2 fully saturated rings. The Bertz CT molecular complexity index is 1160. The van der Waals surface area contributed by atoms with E-state index in [1.54, 1.807) is 30.3 Å². The summed E-state index contributed by atoms with van der Waals surface area (Å²) in [5, 5.41) is 43.2. The lowest BCUT2D eigenvalue weighted by Crippen LogP contribution is -2.66. The van der Waals surface area contributed by atoms with Gasteiger partial charge < -0.3 is 47.3 Å². The summed E-state index contributed by atoms with van der Waals surface area (Å²) in [6, 6.07) is 5.17. The minimum Gasteiger partial charge on any atom is -0.481 e. The number of carboxylic acid groups (broad SMARTS) is 1. The molecule has 1 unspecified atom stereocenters. The Morgan fingerprint density at radius 3 is 2.40 bits per heavy atom. The monoisotopic (exact) mass is 604 g/mol. The highest BCUT2D eigenvalue weighted by molar-refractivity contribution is 5.97. The van der Waals surface area contributed by atoms with E-state index in [-0.39, 0.29) is 51.4 Å². The van der Waals surface area contributed by atoms with Crippen molar-refractivity contribution in [3.8, 4) is 0 Å². The van der Waals surface area contributed by atoms with E-state index in [2.05, 4.69) is 31.9 Å². The number of carbonyl (C=O) groups is 5. The summed E-state index contributed by atoms with van der Waals surface area (Å²) in [6.07, 6.45) is -1.66. The van der Waals surface area contributed by atoms with Crippen LogP contribution >= 0.6 is 0 Å². The van der Waals surface area contributed by atoms with Gasteiger partial charge >= 0.3 is 5.97 Å². The van der Waals surface area contributed by atoms with Crippen molar-refractivity contribution in [2.75, 3.05) is 26.3 Å². The molecule has 2 heterocycles. The highest BCUT2D eigenvalue weighted by Gasteiger charge is 2.44. The van der Waals surface area contributed by atoms with Gasteiger partial charge in [0.2, 0.25) is 23.6 Å². The maximum Gasteiger partial charge on any atom is 0.305 e. The number of rotatable bonds is 8. The number of nitrogens with one attached hydrogen (secondary N) is 7. The van der Waals surface area contributed by atoms with Crippen molar-refractivity contribution in [2.24, 2.45) is 5.73 Å². The van der Waals surface area contributed by atoms with Crippen molar-refractivity contribution >= 4 is 35.6 Å². The predicted octanol–water partition coefficient (Wildman–Crippen LogP) is -2.99. The van der Waals surface area contributed by atoms with Crippen LogP contribution in [0.4, 0.5) is 0 Å². The van der Waals surface area contributed by atoms with Crippen LogP contribution in [0.5, 0.6) is 0 Å². The van der Waals surface area contributed by atoms with E-state index in [1.165, 1.54) is 0 Å². The molecule has 236 valence electrons. The SMILES string of the molecule is N=C(N)NCCC[C@@H]1NC(=O)CNC(O)[C@H](CC(=O)O)NC(=O)[C@@H](Cc2ccccc2)NC(=O)C2(CCOCC2)NC1=O. The molecular formula is C27H40N8O8. The molecule has 2 aliphatic heterocycles. The minimum absolute atomic E-state index is 0.0358. The Kier molecular flexibility index (Phi) is 12.2. The zero-order chi connectivity index (χ0) is 31.4. The molecule has 2 aliphatic rings. The molecule has 0 saturated carbocycles. The van der Waals surface area contributed by atoms with Gasteiger partial charge in [-0.05, 0) is 18.4 Å². The van der Waals surface area contributed by atoms with Gasteiger partial charge in [-0.2, -0.15) is 0 Å². The Morgan fingerprint density at radius 1 is 1.05 bits per heavy atom. The largest absolute Gasteiger partial charge is 0.481 e. The number of benzene rings is 1. The van der Waals surface area contributed by atoms with Crippen LogP contribution in [0.1, 0.15) is 37.7 Å². The average molecular weight is 605 g/mol. The summed E-state index contributed by atoms with van der Waals surface area (Å²) in [6.45, 7) is 0.0443. The van der Waals surface area contributed by atoms with Crippen molar-refractivity contribution < 1.29 is 38.9 Å². The first-order valence-electron chi connectivity index (χ1n) is 14.0. The summed E-state index contributed by atoms with van der Waals surface area (Å²) in [5.41, 5.74) is 4.55. The maximum absolute atomic E-state index is 13.9. The Morgan fingerprint density at radius 2 is 1.74 bits per heavy atom. The number of aliphatic hydroxyl groups is 1. The first kappa shape index (κ1) is 33.2. The zero-order valence-corrected chi connectivity index (χ0v) is 23.7. The Labute approximate surface area is 248 Å². The van der Waals surface area contributed by atoms with Gasteiger partial charge in [0.15, 0.2) is 5.96 Å². The van der Waals surface area contributed by atoms with Gasteiger partial charge in [-0.3, -0.25) is 34.7 Å². The van der Waals surface area contributed by atoms with Gasteiger partial charge in [0, 0.05) is 39.0 Å². The van der Waals surface area contributed by atoms with Gasteiger partial charge in [0.05, 0.1) is 19.0 Å². The van der Waals surface area contributed by atoms with Gasteiger partial charge in [0.25, 0.3) is 0 Å². The molecule has 11 N–H and O–H groups in total. The summed E-state index contributed by atoms with van der Waals surface area (Å²) >= 11 is 0. The normalized spacial score (nSPS) is 25.2. The average Bonchev–Trinajstić information content (AvgIpc) is 2.96. The highest BCUT2D eigenvalue weighted by Crippen LogP contribution is 2.22. The molecule has 1 spiro atoms. The number of aliphatic hydroxyl groups excluding tert-OH is 1. The molecule has 16 nitrogen and oxygen atoms in total. The number of amides is 4. The predicted molar refractivity (Wildman–Crippen MR) is 152 cm³/mol. The number of carboxylic acids is 1. The fraction of sp³-hybridized carbons (Fsp3) is 0.556. The topological polar surface area (TPSA) is 257 Å². The van der Waals surface area contributed by atoms with Crippen LogP contribution in [-0.2, 0) is 35.1 Å². The molecule has 4 atom stereocenters. The summed E-state index contributed by atoms with van der Waals surface area (Å²) in [4.78, 5) is 65.3. The Hall–Kier alpha value is -4.28. The molecule has 1 aromatic carbocycles. The van der Waals surface area contributed by atoms with E-state index in [4.69, 9.17) is 15.9 Å². The molecule has 3 rings (SSSR count). The summed E-state index contributed by atoms with van der Waals surface area (Å²) in [5.74, 6) is -4.30. The molecule has 1 aromatic rings. The number of hydrogen-bond acceptors (Lipinski definition) is 9. The zero-order valence-electron chi connectivity index (χ0n) is 23.7. The number of carbonyl (C=O) groups excluding carboxylic acids is 4. The van der Waals surface area contributed by atoms with Gasteiger partial charge in [-0.25, -0.2) is 0 Å². The van der Waals surface area contributed by atoms with Gasteiger partial charge in [-0.15, -0.1) is 0 Å². The second kappa shape index (κ2) is 15.8. The molecule has 0 aliphatic carbocycles. The molecule has 0 aromatic heterocycles. The molecule has 0 bridgehead atoms. The van der Waals surface area contributed by atoms with E-state index < -0.39 is 72.5 Å². The van der Waals surface area contributed by atoms with Crippen LogP contribution in [0, 0.1) is 5.41 Å². The van der Waals surface area contributed by atoms with Crippen LogP contribution in [0.25, 0.3) is 0 Å². The van der Waals surface area contributed by atoms with Gasteiger partial charge in [0.1, 0.15) is 23.9 Å². The molecule has 4 amide bonds. The molecule has 0 radical (unpaired) electrons. The number of guanidine groups is 1. The molecule has 43 heavy (non-hydrogen) atoms. The third-order valence-corrected chi connectivity index (χ3v) is 7.26. The first-order chi connectivity index (χ1) is 20.5.